The minimum Gasteiger partial charge on any atom is -0.364 e. The van der Waals surface area contributed by atoms with Crippen LogP contribution in [0.1, 0.15) is 34.9 Å². The lowest BCUT2D eigenvalue weighted by Crippen LogP contribution is -2.21. The van der Waals surface area contributed by atoms with E-state index in [1.165, 1.54) is 12.3 Å². The lowest BCUT2D eigenvalue weighted by atomic mass is 10.0. The number of primary amides is 1. The van der Waals surface area contributed by atoms with E-state index >= 15 is 0 Å². The van der Waals surface area contributed by atoms with Crippen molar-refractivity contribution in [1.29, 1.82) is 0 Å². The number of rotatable bonds is 5. The lowest BCUT2D eigenvalue weighted by Gasteiger charge is -2.25. The van der Waals surface area contributed by atoms with Crippen molar-refractivity contribution in [3.63, 3.8) is 0 Å². The first-order valence-electron chi connectivity index (χ1n) is 9.69. The van der Waals surface area contributed by atoms with Crippen molar-refractivity contribution in [3.05, 3.63) is 78.3 Å². The number of nitrogens with two attached hydrogens (primary N) is 1. The van der Waals surface area contributed by atoms with Crippen molar-refractivity contribution in [2.24, 2.45) is 5.73 Å². The average Bonchev–Trinajstić information content (AvgIpc) is 3.49. The second-order valence-corrected chi connectivity index (χ2v) is 7.44. The molecule has 2 aliphatic rings. The SMILES string of the molecule is NC(=O)c1cc(C2=CN(c3cccc(-c4nncn4C4CC4)c3)CC(F)=C2)ccn1. The maximum atomic E-state index is 14.5. The summed E-state index contributed by atoms with van der Waals surface area (Å²) in [7, 11) is 0. The maximum absolute atomic E-state index is 14.5. The first-order valence-corrected chi connectivity index (χ1v) is 9.69. The number of halogens is 1. The number of benzene rings is 1. The van der Waals surface area contributed by atoms with Crippen molar-refractivity contribution < 1.29 is 9.18 Å². The molecule has 0 unspecified atom stereocenters. The number of allylic oxidation sites excluding steroid dienone is 2. The third-order valence-corrected chi connectivity index (χ3v) is 5.22. The molecule has 7 nitrogen and oxygen atoms in total. The highest BCUT2D eigenvalue weighted by atomic mass is 19.1. The largest absolute Gasteiger partial charge is 0.364 e. The predicted molar refractivity (Wildman–Crippen MR) is 111 cm³/mol. The van der Waals surface area contributed by atoms with Gasteiger partial charge in [0.2, 0.25) is 0 Å². The number of nitrogens with zero attached hydrogens (tertiary/aromatic N) is 5. The quantitative estimate of drug-likeness (QED) is 0.706. The van der Waals surface area contributed by atoms with Crippen LogP contribution in [0.2, 0.25) is 0 Å². The molecule has 0 atom stereocenters. The Kier molecular flexibility index (Phi) is 4.39. The van der Waals surface area contributed by atoms with E-state index in [-0.39, 0.29) is 18.1 Å². The fourth-order valence-electron chi connectivity index (χ4n) is 3.59. The van der Waals surface area contributed by atoms with E-state index < -0.39 is 5.91 Å². The van der Waals surface area contributed by atoms with Crippen molar-refractivity contribution in [2.75, 3.05) is 11.4 Å². The molecule has 5 rings (SSSR count). The molecule has 1 saturated carbocycles. The van der Waals surface area contributed by atoms with Crippen molar-refractivity contribution in [1.82, 2.24) is 19.7 Å². The molecule has 0 radical (unpaired) electrons. The van der Waals surface area contributed by atoms with Crippen LogP contribution in [0, 0.1) is 0 Å². The summed E-state index contributed by atoms with van der Waals surface area (Å²) in [4.78, 5) is 17.2. The molecule has 0 saturated heterocycles. The smallest absolute Gasteiger partial charge is 0.267 e. The van der Waals surface area contributed by atoms with Gasteiger partial charge in [0.1, 0.15) is 17.8 Å². The summed E-state index contributed by atoms with van der Waals surface area (Å²) in [6.45, 7) is 0.121. The number of carbonyl (C=O) groups is 1. The first kappa shape index (κ1) is 18.2. The highest BCUT2D eigenvalue weighted by Crippen LogP contribution is 2.38. The second-order valence-electron chi connectivity index (χ2n) is 7.44. The number of pyridine rings is 1. The molecule has 1 fully saturated rings. The number of amides is 1. The van der Waals surface area contributed by atoms with E-state index in [4.69, 9.17) is 5.73 Å². The van der Waals surface area contributed by atoms with Gasteiger partial charge in [-0.05, 0) is 48.7 Å². The van der Waals surface area contributed by atoms with Gasteiger partial charge in [0.15, 0.2) is 5.82 Å². The van der Waals surface area contributed by atoms with Crippen LogP contribution in [0.4, 0.5) is 10.1 Å². The van der Waals surface area contributed by atoms with E-state index in [0.717, 1.165) is 29.9 Å². The van der Waals surface area contributed by atoms with Crippen LogP contribution in [-0.4, -0.2) is 32.2 Å². The van der Waals surface area contributed by atoms with Crippen molar-refractivity contribution >= 4 is 17.2 Å². The molecule has 2 N–H and O–H groups in total. The third-order valence-electron chi connectivity index (χ3n) is 5.22. The Bertz CT molecular complexity index is 1190. The van der Waals surface area contributed by atoms with E-state index in [0.29, 0.717) is 17.2 Å². The van der Waals surface area contributed by atoms with Gasteiger partial charge >= 0.3 is 0 Å². The fraction of sp³-hybridized carbons (Fsp3) is 0.182. The van der Waals surface area contributed by atoms with Crippen LogP contribution in [0.25, 0.3) is 17.0 Å². The summed E-state index contributed by atoms with van der Waals surface area (Å²) < 4.78 is 16.6. The van der Waals surface area contributed by atoms with Gasteiger partial charge in [-0.2, -0.15) is 0 Å². The van der Waals surface area contributed by atoms with Crippen LogP contribution < -0.4 is 10.6 Å². The molecular weight excluding hydrogens is 383 g/mol. The molecule has 30 heavy (non-hydrogen) atoms. The predicted octanol–water partition coefficient (Wildman–Crippen LogP) is 3.49. The Morgan fingerprint density at radius 2 is 2.03 bits per heavy atom. The summed E-state index contributed by atoms with van der Waals surface area (Å²) in [5.74, 6) is -0.0876. The van der Waals surface area contributed by atoms with Gasteiger partial charge in [-0.3, -0.25) is 9.78 Å². The summed E-state index contributed by atoms with van der Waals surface area (Å²) in [6, 6.07) is 11.6. The first-order chi connectivity index (χ1) is 14.6. The molecule has 0 bridgehead atoms. The van der Waals surface area contributed by atoms with Gasteiger partial charge in [-0.15, -0.1) is 10.2 Å². The normalized spacial score (nSPS) is 16.2. The van der Waals surface area contributed by atoms with Crippen LogP contribution >= 0.6 is 0 Å². The van der Waals surface area contributed by atoms with Crippen LogP contribution in [0.15, 0.2) is 67.0 Å². The number of carbonyl (C=O) groups excluding carboxylic acids is 1. The van der Waals surface area contributed by atoms with Gasteiger partial charge < -0.3 is 15.2 Å². The van der Waals surface area contributed by atoms with E-state index in [1.54, 1.807) is 18.5 Å². The molecule has 3 heterocycles. The molecule has 3 aromatic rings. The second kappa shape index (κ2) is 7.22. The maximum Gasteiger partial charge on any atom is 0.267 e. The summed E-state index contributed by atoms with van der Waals surface area (Å²) in [5.41, 5.74) is 8.54. The van der Waals surface area contributed by atoms with Gasteiger partial charge in [-0.1, -0.05) is 12.1 Å². The topological polar surface area (TPSA) is 89.9 Å². The zero-order valence-electron chi connectivity index (χ0n) is 16.1. The molecule has 1 amide bonds. The molecule has 2 aromatic heterocycles. The van der Waals surface area contributed by atoms with E-state index in [9.17, 15) is 9.18 Å². The molecule has 1 aliphatic heterocycles. The third kappa shape index (κ3) is 3.47. The van der Waals surface area contributed by atoms with Crippen molar-refractivity contribution in [2.45, 2.75) is 18.9 Å². The Morgan fingerprint density at radius 1 is 1.17 bits per heavy atom. The zero-order valence-corrected chi connectivity index (χ0v) is 16.1. The number of anilines is 1. The standard InChI is InChI=1S/C22H19FN6O/c23-17-8-16(14-6-7-25-20(10-14)21(24)30)11-28(12-17)19-3-1-2-15(9-19)22-27-26-13-29(22)18-4-5-18/h1-3,6-11,13,18H,4-5,12H2,(H2,24,30). The summed E-state index contributed by atoms with van der Waals surface area (Å²) >= 11 is 0. The van der Waals surface area contributed by atoms with Gasteiger partial charge in [0.25, 0.3) is 5.91 Å². The molecule has 1 aromatic carbocycles. The van der Waals surface area contributed by atoms with Crippen molar-refractivity contribution in [3.8, 4) is 11.4 Å². The highest BCUT2D eigenvalue weighted by molar-refractivity contribution is 5.92. The van der Waals surface area contributed by atoms with Crippen LogP contribution in [0.3, 0.4) is 0 Å². The molecule has 0 spiro atoms. The highest BCUT2D eigenvalue weighted by Gasteiger charge is 2.26. The Labute approximate surface area is 172 Å². The number of hydrogen-bond donors (Lipinski definition) is 1. The van der Waals surface area contributed by atoms with E-state index in [1.807, 2.05) is 35.4 Å². The molecule has 8 heteroatoms. The van der Waals surface area contributed by atoms with Crippen LogP contribution in [0.5, 0.6) is 0 Å². The average molecular weight is 402 g/mol. The number of aromatic nitrogens is 4. The molecular formula is C22H19FN6O. The summed E-state index contributed by atoms with van der Waals surface area (Å²) in [5, 5.41) is 8.34. The fourth-order valence-corrected chi connectivity index (χ4v) is 3.59. The minimum atomic E-state index is -0.623. The Balaban J connectivity index is 1.50. The zero-order chi connectivity index (χ0) is 20.7. The number of hydrogen-bond acceptors (Lipinski definition) is 5. The molecule has 1 aliphatic carbocycles. The molecule has 150 valence electrons. The summed E-state index contributed by atoms with van der Waals surface area (Å²) in [6.07, 6.45) is 8.85. The Morgan fingerprint density at radius 3 is 2.83 bits per heavy atom. The lowest BCUT2D eigenvalue weighted by molar-refractivity contribution is 0.0995. The van der Waals surface area contributed by atoms with Gasteiger partial charge in [0.05, 0.1) is 6.54 Å². The van der Waals surface area contributed by atoms with E-state index in [2.05, 4.69) is 19.7 Å². The van der Waals surface area contributed by atoms with Crippen LogP contribution in [-0.2, 0) is 0 Å². The van der Waals surface area contributed by atoms with Gasteiger partial charge in [0, 0.05) is 35.3 Å². The Hall–Kier alpha value is -3.81. The minimum absolute atomic E-state index is 0.121. The van der Waals surface area contributed by atoms with Gasteiger partial charge in [-0.25, -0.2) is 4.39 Å². The monoisotopic (exact) mass is 402 g/mol.